The Morgan fingerprint density at radius 1 is 0.545 bits per heavy atom. The molecule has 0 heterocycles. The van der Waals surface area contributed by atoms with Crippen molar-refractivity contribution in [3.63, 3.8) is 0 Å². The highest BCUT2D eigenvalue weighted by molar-refractivity contribution is 8.76. The summed E-state index contributed by atoms with van der Waals surface area (Å²) in [4.78, 5) is 28.0. The topological polar surface area (TPSA) is 76.7 Å². The van der Waals surface area contributed by atoms with Crippen LogP contribution in [0.3, 0.4) is 0 Å². The molecule has 0 unspecified atom stereocenters. The maximum absolute atomic E-state index is 13.2. The third kappa shape index (κ3) is 10.4. The van der Waals surface area contributed by atoms with Crippen molar-refractivity contribution in [2.45, 2.75) is 75.6 Å². The van der Waals surface area contributed by atoms with Gasteiger partial charge < -0.3 is 20.1 Å². The summed E-state index contributed by atoms with van der Waals surface area (Å²) in [5.74, 6) is 1.27. The first-order chi connectivity index (χ1) is 20.9. The minimum atomic E-state index is -0.269. The van der Waals surface area contributed by atoms with Crippen molar-refractivity contribution >= 4 is 33.4 Å². The summed E-state index contributed by atoms with van der Waals surface area (Å²) < 4.78 is 11.8. The number of amides is 2. The Morgan fingerprint density at radius 2 is 0.886 bits per heavy atom. The predicted molar refractivity (Wildman–Crippen MR) is 181 cm³/mol. The van der Waals surface area contributed by atoms with E-state index in [-0.39, 0.29) is 23.0 Å². The van der Waals surface area contributed by atoms with Crippen LogP contribution in [0, 0.1) is 0 Å². The molecule has 0 aliphatic heterocycles. The highest BCUT2D eigenvalue weighted by Gasteiger charge is 2.16. The molecule has 0 atom stereocenters. The van der Waals surface area contributed by atoms with Gasteiger partial charge >= 0.3 is 0 Å². The number of hydrogen-bond acceptors (Lipinski definition) is 6. The summed E-state index contributed by atoms with van der Waals surface area (Å²) in [6.45, 7) is 12.8. The van der Waals surface area contributed by atoms with Crippen molar-refractivity contribution in [3.8, 4) is 11.5 Å². The predicted octanol–water partition coefficient (Wildman–Crippen LogP) is 8.70. The Balaban J connectivity index is 1.34. The highest BCUT2D eigenvalue weighted by atomic mass is 33.1. The second-order valence-corrected chi connectivity index (χ2v) is 14.5. The Kier molecular flexibility index (Phi) is 11.1. The van der Waals surface area contributed by atoms with Gasteiger partial charge in [0.1, 0.15) is 22.7 Å². The zero-order chi connectivity index (χ0) is 31.7. The Bertz CT molecular complexity index is 1440. The summed E-state index contributed by atoms with van der Waals surface area (Å²) in [5, 5.41) is 6.05. The van der Waals surface area contributed by atoms with Crippen LogP contribution in [0.25, 0.3) is 0 Å². The molecule has 230 valence electrons. The fourth-order valence-electron chi connectivity index (χ4n) is 4.16. The number of carbonyl (C=O) groups excluding carboxylic acids is 2. The molecule has 0 spiro atoms. The Hall–Kier alpha value is -3.88. The summed E-state index contributed by atoms with van der Waals surface area (Å²) >= 11 is 0. The van der Waals surface area contributed by atoms with Crippen LogP contribution in [0.4, 0.5) is 0 Å². The Labute approximate surface area is 268 Å². The van der Waals surface area contributed by atoms with E-state index in [1.165, 1.54) is 21.6 Å². The fourth-order valence-corrected chi connectivity index (χ4v) is 6.52. The van der Waals surface area contributed by atoms with Gasteiger partial charge in [0.15, 0.2) is 0 Å². The van der Waals surface area contributed by atoms with Gasteiger partial charge in [0, 0.05) is 22.9 Å². The molecule has 0 aliphatic carbocycles. The molecule has 4 aromatic carbocycles. The van der Waals surface area contributed by atoms with Crippen LogP contribution >= 0.6 is 21.6 Å². The van der Waals surface area contributed by atoms with Crippen LogP contribution in [0.2, 0.25) is 0 Å². The summed E-state index contributed by atoms with van der Waals surface area (Å²) in [7, 11) is 2.91. The fraction of sp³-hybridized carbons (Fsp3) is 0.278. The van der Waals surface area contributed by atoms with Gasteiger partial charge in [-0.25, -0.2) is 0 Å². The molecular weight excluding hydrogens is 589 g/mol. The van der Waals surface area contributed by atoms with E-state index in [0.29, 0.717) is 24.2 Å². The average Bonchev–Trinajstić information content (AvgIpc) is 2.98. The van der Waals surface area contributed by atoms with Crippen molar-refractivity contribution in [2.75, 3.05) is 0 Å². The SMILES string of the molecule is CC(C)(C)Oc1ccc(CNC(=O)c2ccccc2SSc2ccccc2C(=O)NCc2ccc(OC(C)(C)C)cc2)cc1. The highest BCUT2D eigenvalue weighted by Crippen LogP contribution is 2.40. The lowest BCUT2D eigenvalue weighted by Gasteiger charge is -2.21. The molecular formula is C36H40N2O4S2. The monoisotopic (exact) mass is 628 g/mol. The molecule has 2 N–H and O–H groups in total. The number of ether oxygens (including phenoxy) is 2. The molecule has 0 bridgehead atoms. The number of benzene rings is 4. The number of rotatable bonds is 11. The minimum Gasteiger partial charge on any atom is -0.488 e. The second kappa shape index (κ2) is 14.7. The largest absolute Gasteiger partial charge is 0.488 e. The minimum absolute atomic E-state index is 0.159. The van der Waals surface area contributed by atoms with Crippen LogP contribution in [-0.2, 0) is 13.1 Å². The van der Waals surface area contributed by atoms with Crippen LogP contribution < -0.4 is 20.1 Å². The van der Waals surface area contributed by atoms with E-state index >= 15 is 0 Å². The second-order valence-electron chi connectivity index (χ2n) is 12.2. The zero-order valence-corrected chi connectivity index (χ0v) is 27.7. The summed E-state index contributed by atoms with van der Waals surface area (Å²) in [6.07, 6.45) is 0. The first-order valence-electron chi connectivity index (χ1n) is 14.5. The molecule has 0 aromatic heterocycles. The normalized spacial score (nSPS) is 11.5. The molecule has 4 rings (SSSR count). The van der Waals surface area contributed by atoms with Crippen molar-refractivity contribution < 1.29 is 19.1 Å². The summed E-state index contributed by atoms with van der Waals surface area (Å²) in [6, 6.07) is 30.5. The summed E-state index contributed by atoms with van der Waals surface area (Å²) in [5.41, 5.74) is 2.58. The van der Waals surface area contributed by atoms with Gasteiger partial charge in [-0.05, 0) is 101 Å². The lowest BCUT2D eigenvalue weighted by Crippen LogP contribution is -2.24. The maximum Gasteiger partial charge on any atom is 0.252 e. The lowest BCUT2D eigenvalue weighted by atomic mass is 10.1. The first kappa shape index (κ1) is 33.0. The molecule has 0 aliphatic rings. The van der Waals surface area contributed by atoms with E-state index in [4.69, 9.17) is 9.47 Å². The van der Waals surface area contributed by atoms with Crippen molar-refractivity contribution in [1.29, 1.82) is 0 Å². The van der Waals surface area contributed by atoms with E-state index in [1.807, 2.05) is 139 Å². The molecule has 2 amide bonds. The molecule has 44 heavy (non-hydrogen) atoms. The average molecular weight is 629 g/mol. The third-order valence-electron chi connectivity index (χ3n) is 6.09. The van der Waals surface area contributed by atoms with Crippen LogP contribution in [-0.4, -0.2) is 23.0 Å². The smallest absolute Gasteiger partial charge is 0.252 e. The standard InChI is InChI=1S/C36H40N2O4S2/c1-35(2,3)41-27-19-15-25(16-20-27)23-37-33(39)29-11-7-9-13-31(29)43-44-32-14-10-8-12-30(32)34(40)38-24-26-17-21-28(22-18-26)42-36(4,5)6/h7-22H,23-24H2,1-6H3,(H,37,39)(H,38,40). The van der Waals surface area contributed by atoms with Gasteiger partial charge in [-0.15, -0.1) is 0 Å². The molecule has 4 aromatic rings. The van der Waals surface area contributed by atoms with Crippen molar-refractivity contribution in [3.05, 3.63) is 119 Å². The van der Waals surface area contributed by atoms with Crippen LogP contribution in [0.5, 0.6) is 11.5 Å². The number of nitrogens with one attached hydrogen (secondary N) is 2. The van der Waals surface area contributed by atoms with Gasteiger partial charge in [-0.3, -0.25) is 9.59 Å². The van der Waals surface area contributed by atoms with E-state index in [1.54, 1.807) is 0 Å². The van der Waals surface area contributed by atoms with Gasteiger partial charge in [0.05, 0.1) is 11.1 Å². The van der Waals surface area contributed by atoms with Crippen LogP contribution in [0.15, 0.2) is 107 Å². The first-order valence-corrected chi connectivity index (χ1v) is 16.7. The molecule has 6 nitrogen and oxygen atoms in total. The van der Waals surface area contributed by atoms with Gasteiger partial charge in [0.2, 0.25) is 0 Å². The molecule has 0 saturated carbocycles. The molecule has 0 radical (unpaired) electrons. The van der Waals surface area contributed by atoms with E-state index < -0.39 is 0 Å². The lowest BCUT2D eigenvalue weighted by molar-refractivity contribution is 0.0940. The van der Waals surface area contributed by atoms with Crippen molar-refractivity contribution in [1.82, 2.24) is 10.6 Å². The third-order valence-corrected chi connectivity index (χ3v) is 8.57. The number of hydrogen-bond donors (Lipinski definition) is 2. The molecule has 0 fully saturated rings. The zero-order valence-electron chi connectivity index (χ0n) is 26.1. The van der Waals surface area contributed by atoms with Crippen LogP contribution in [0.1, 0.15) is 73.4 Å². The Morgan fingerprint density at radius 3 is 1.23 bits per heavy atom. The van der Waals surface area contributed by atoms with Crippen molar-refractivity contribution in [2.24, 2.45) is 0 Å². The van der Waals surface area contributed by atoms with Gasteiger partial charge in [-0.1, -0.05) is 70.1 Å². The van der Waals surface area contributed by atoms with E-state index in [9.17, 15) is 9.59 Å². The number of carbonyl (C=O) groups is 2. The molecule has 8 heteroatoms. The maximum atomic E-state index is 13.2. The van der Waals surface area contributed by atoms with Gasteiger partial charge in [0.25, 0.3) is 11.8 Å². The van der Waals surface area contributed by atoms with Gasteiger partial charge in [-0.2, -0.15) is 0 Å². The van der Waals surface area contributed by atoms with E-state index in [2.05, 4.69) is 10.6 Å². The molecule has 0 saturated heterocycles. The van der Waals surface area contributed by atoms with E-state index in [0.717, 1.165) is 32.4 Å². The quantitative estimate of drug-likeness (QED) is 0.162.